The third-order valence-corrected chi connectivity index (χ3v) is 5.18. The Balaban J connectivity index is 0.00000420. The first-order valence-electron chi connectivity index (χ1n) is 9.53. The molecule has 0 saturated carbocycles. The van der Waals surface area contributed by atoms with Gasteiger partial charge in [0.05, 0.1) is 17.2 Å². The third kappa shape index (κ3) is 7.60. The lowest BCUT2D eigenvalue weighted by Gasteiger charge is -2.37. The highest BCUT2D eigenvalue weighted by atomic mass is 35.5. The number of nitro groups is 1. The number of nitrogens with one attached hydrogen (secondary N) is 1. The molecule has 0 bridgehead atoms. The number of carboxylic acids is 1. The summed E-state index contributed by atoms with van der Waals surface area (Å²) in [5, 5.41) is 22.6. The summed E-state index contributed by atoms with van der Waals surface area (Å²) < 4.78 is 0. The maximum Gasteiger partial charge on any atom is 0.317 e. The van der Waals surface area contributed by atoms with Crippen molar-refractivity contribution in [2.24, 2.45) is 0 Å². The molecule has 0 unspecified atom stereocenters. The number of carboxylic acid groups (broad SMARTS) is 1. The van der Waals surface area contributed by atoms with Crippen molar-refractivity contribution < 1.29 is 19.6 Å². The molecule has 1 amide bonds. The zero-order chi connectivity index (χ0) is 20.7. The number of piperidine rings is 1. The van der Waals surface area contributed by atoms with E-state index in [9.17, 15) is 19.7 Å². The van der Waals surface area contributed by atoms with Crippen molar-refractivity contribution in [2.45, 2.75) is 39.2 Å². The van der Waals surface area contributed by atoms with Gasteiger partial charge >= 0.3 is 5.97 Å². The SMILES string of the molecule is CCN(CC(=O)O)C1CCN(CCC(=O)Nc2cc([N+](=O)[O-])ccc2C)CC1.Cl. The Labute approximate surface area is 176 Å². The average molecular weight is 429 g/mol. The standard InChI is InChI=1S/C19H28N4O5.ClH/c1-3-22(13-19(25)26)15-6-9-21(10-7-15)11-8-18(24)20-17-12-16(23(27)28)5-4-14(17)2;/h4-5,12,15H,3,6-11,13H2,1-2H3,(H,20,24)(H,25,26);1H. The molecule has 1 aromatic carbocycles. The van der Waals surface area contributed by atoms with Gasteiger partial charge in [-0.15, -0.1) is 12.4 Å². The number of benzene rings is 1. The molecule has 9 nitrogen and oxygen atoms in total. The van der Waals surface area contributed by atoms with Crippen LogP contribution in [-0.4, -0.2) is 70.5 Å². The normalized spacial score (nSPS) is 15.0. The number of hydrogen-bond donors (Lipinski definition) is 2. The van der Waals surface area contributed by atoms with Crippen LogP contribution in [0.3, 0.4) is 0 Å². The minimum Gasteiger partial charge on any atom is -0.480 e. The zero-order valence-corrected chi connectivity index (χ0v) is 17.6. The highest BCUT2D eigenvalue weighted by Crippen LogP contribution is 2.22. The predicted molar refractivity (Wildman–Crippen MR) is 113 cm³/mol. The summed E-state index contributed by atoms with van der Waals surface area (Å²) in [4.78, 5) is 37.8. The summed E-state index contributed by atoms with van der Waals surface area (Å²) in [6.07, 6.45) is 2.07. The van der Waals surface area contributed by atoms with Gasteiger partial charge in [0.2, 0.25) is 5.91 Å². The number of amides is 1. The van der Waals surface area contributed by atoms with Crippen LogP contribution in [0.5, 0.6) is 0 Å². The van der Waals surface area contributed by atoms with Crippen LogP contribution in [0.15, 0.2) is 18.2 Å². The number of rotatable bonds is 9. The Morgan fingerprint density at radius 2 is 2.00 bits per heavy atom. The first kappa shape index (κ1) is 24.8. The molecule has 29 heavy (non-hydrogen) atoms. The second-order valence-corrected chi connectivity index (χ2v) is 7.08. The van der Waals surface area contributed by atoms with Gasteiger partial charge in [-0.05, 0) is 45.0 Å². The molecule has 0 aliphatic carbocycles. The molecule has 1 aliphatic heterocycles. The summed E-state index contributed by atoms with van der Waals surface area (Å²) in [6.45, 7) is 6.79. The summed E-state index contributed by atoms with van der Waals surface area (Å²) in [6, 6.07) is 4.67. The summed E-state index contributed by atoms with van der Waals surface area (Å²) in [7, 11) is 0. The molecule has 2 N–H and O–H groups in total. The quantitative estimate of drug-likeness (QED) is 0.458. The number of anilines is 1. The lowest BCUT2D eigenvalue weighted by molar-refractivity contribution is -0.384. The van der Waals surface area contributed by atoms with Crippen molar-refractivity contribution in [1.29, 1.82) is 0 Å². The molecular formula is C19H29ClN4O5. The van der Waals surface area contributed by atoms with E-state index in [1.165, 1.54) is 12.1 Å². The van der Waals surface area contributed by atoms with Gasteiger partial charge in [-0.2, -0.15) is 0 Å². The molecule has 2 rings (SSSR count). The van der Waals surface area contributed by atoms with Gasteiger partial charge in [-0.25, -0.2) is 0 Å². The van der Waals surface area contributed by atoms with Crippen LogP contribution in [0.2, 0.25) is 0 Å². The lowest BCUT2D eigenvalue weighted by Crippen LogP contribution is -2.47. The van der Waals surface area contributed by atoms with Crippen molar-refractivity contribution in [3.05, 3.63) is 33.9 Å². The number of nitro benzene ring substituents is 1. The number of likely N-dealkylation sites (N-methyl/N-ethyl adjacent to an activating group) is 1. The number of likely N-dealkylation sites (tertiary alicyclic amines) is 1. The smallest absolute Gasteiger partial charge is 0.317 e. The van der Waals surface area contributed by atoms with Crippen LogP contribution in [0.25, 0.3) is 0 Å². The van der Waals surface area contributed by atoms with E-state index in [2.05, 4.69) is 10.2 Å². The van der Waals surface area contributed by atoms with Crippen LogP contribution in [0.1, 0.15) is 31.7 Å². The monoisotopic (exact) mass is 428 g/mol. The van der Waals surface area contributed by atoms with E-state index < -0.39 is 10.9 Å². The zero-order valence-electron chi connectivity index (χ0n) is 16.8. The maximum absolute atomic E-state index is 12.2. The second-order valence-electron chi connectivity index (χ2n) is 7.08. The highest BCUT2D eigenvalue weighted by Gasteiger charge is 2.25. The Hall–Kier alpha value is -2.23. The van der Waals surface area contributed by atoms with Crippen molar-refractivity contribution >= 4 is 35.7 Å². The summed E-state index contributed by atoms with van der Waals surface area (Å²) in [5.74, 6) is -0.982. The molecule has 10 heteroatoms. The van der Waals surface area contributed by atoms with Gasteiger partial charge in [0.1, 0.15) is 0 Å². The van der Waals surface area contributed by atoms with Gasteiger partial charge < -0.3 is 15.3 Å². The largest absolute Gasteiger partial charge is 0.480 e. The van der Waals surface area contributed by atoms with E-state index in [0.717, 1.165) is 31.5 Å². The molecule has 0 aromatic heterocycles. The number of hydrogen-bond acceptors (Lipinski definition) is 6. The molecule has 1 aliphatic rings. The van der Waals surface area contributed by atoms with E-state index in [0.29, 0.717) is 25.2 Å². The van der Waals surface area contributed by atoms with E-state index in [-0.39, 0.29) is 36.6 Å². The molecule has 1 heterocycles. The molecule has 0 atom stereocenters. The number of non-ortho nitro benzene ring substituents is 1. The maximum atomic E-state index is 12.2. The molecule has 1 fully saturated rings. The Kier molecular flexibility index (Phi) is 10.0. The highest BCUT2D eigenvalue weighted by molar-refractivity contribution is 5.92. The number of aryl methyl sites for hydroxylation is 1. The van der Waals surface area contributed by atoms with E-state index in [1.807, 2.05) is 11.8 Å². The second kappa shape index (κ2) is 11.7. The van der Waals surface area contributed by atoms with E-state index >= 15 is 0 Å². The third-order valence-electron chi connectivity index (χ3n) is 5.18. The topological polar surface area (TPSA) is 116 Å². The Morgan fingerprint density at radius 3 is 2.55 bits per heavy atom. The van der Waals surface area contributed by atoms with Gasteiger partial charge in [-0.1, -0.05) is 13.0 Å². The first-order valence-corrected chi connectivity index (χ1v) is 9.53. The average Bonchev–Trinajstić information content (AvgIpc) is 2.66. The van der Waals surface area contributed by atoms with Crippen LogP contribution in [-0.2, 0) is 9.59 Å². The van der Waals surface area contributed by atoms with E-state index in [1.54, 1.807) is 13.0 Å². The molecule has 1 aromatic rings. The van der Waals surface area contributed by atoms with Crippen molar-refractivity contribution in [3.63, 3.8) is 0 Å². The number of nitrogens with zero attached hydrogens (tertiary/aromatic N) is 3. The minimum absolute atomic E-state index is 0. The molecule has 162 valence electrons. The van der Waals surface area contributed by atoms with E-state index in [4.69, 9.17) is 5.11 Å². The van der Waals surface area contributed by atoms with Gasteiger partial charge in [0.15, 0.2) is 0 Å². The van der Waals surface area contributed by atoms with Crippen LogP contribution >= 0.6 is 12.4 Å². The fourth-order valence-corrected chi connectivity index (χ4v) is 3.51. The summed E-state index contributed by atoms with van der Waals surface area (Å²) >= 11 is 0. The van der Waals surface area contributed by atoms with Gasteiger partial charge in [-0.3, -0.25) is 24.6 Å². The number of aliphatic carboxylic acids is 1. The van der Waals surface area contributed by atoms with Crippen LogP contribution in [0.4, 0.5) is 11.4 Å². The number of carbonyl (C=O) groups excluding carboxylic acids is 1. The molecular weight excluding hydrogens is 400 g/mol. The molecule has 1 saturated heterocycles. The van der Waals surface area contributed by atoms with Gasteiger partial charge in [0, 0.05) is 31.1 Å². The molecule has 0 radical (unpaired) electrons. The fraction of sp³-hybridized carbons (Fsp3) is 0.579. The first-order chi connectivity index (χ1) is 13.3. The Morgan fingerprint density at radius 1 is 1.34 bits per heavy atom. The predicted octanol–water partition coefficient (Wildman–Crippen LogP) is 2.52. The number of carbonyl (C=O) groups is 2. The minimum atomic E-state index is -0.808. The summed E-state index contributed by atoms with van der Waals surface area (Å²) in [5.41, 5.74) is 1.19. The number of halogens is 1. The lowest BCUT2D eigenvalue weighted by atomic mass is 10.0. The Bertz CT molecular complexity index is 723. The van der Waals surface area contributed by atoms with Crippen LogP contribution < -0.4 is 5.32 Å². The fourth-order valence-electron chi connectivity index (χ4n) is 3.51. The molecule has 0 spiro atoms. The van der Waals surface area contributed by atoms with Crippen molar-refractivity contribution in [2.75, 3.05) is 38.0 Å². The van der Waals surface area contributed by atoms with Crippen LogP contribution in [0, 0.1) is 17.0 Å². The van der Waals surface area contributed by atoms with Gasteiger partial charge in [0.25, 0.3) is 5.69 Å². The van der Waals surface area contributed by atoms with Crippen molar-refractivity contribution in [3.8, 4) is 0 Å². The van der Waals surface area contributed by atoms with Crippen molar-refractivity contribution in [1.82, 2.24) is 9.80 Å².